The van der Waals surface area contributed by atoms with Crippen LogP contribution in [-0.2, 0) is 15.6 Å². The average molecular weight is 383 g/mol. The van der Waals surface area contributed by atoms with Crippen molar-refractivity contribution in [3.05, 3.63) is 35.4 Å². The maximum absolute atomic E-state index is 12.4. The molecule has 1 fully saturated rings. The molecule has 9 heteroatoms. The van der Waals surface area contributed by atoms with Crippen molar-refractivity contribution in [3.8, 4) is 0 Å². The van der Waals surface area contributed by atoms with Gasteiger partial charge in [-0.15, -0.1) is 12.4 Å². The van der Waals surface area contributed by atoms with Crippen LogP contribution in [0.15, 0.2) is 24.3 Å². The second kappa shape index (κ2) is 8.73. The van der Waals surface area contributed by atoms with E-state index in [-0.39, 0.29) is 29.9 Å². The van der Waals surface area contributed by atoms with Gasteiger partial charge in [-0.05, 0) is 37.6 Å². The molecule has 2 rings (SSSR count). The summed E-state index contributed by atoms with van der Waals surface area (Å²) >= 11 is 0. The van der Waals surface area contributed by atoms with Crippen molar-refractivity contribution in [3.63, 3.8) is 0 Å². The minimum Gasteiger partial charge on any atom is -0.337 e. The summed E-state index contributed by atoms with van der Waals surface area (Å²) in [6, 6.07) is 6.06. The lowest BCUT2D eigenvalue weighted by molar-refractivity contribution is 0.0698. The number of rotatable bonds is 5. The lowest BCUT2D eigenvalue weighted by Gasteiger charge is -2.32. The number of hydrogen-bond acceptors (Lipinski definition) is 4. The van der Waals surface area contributed by atoms with Gasteiger partial charge >= 0.3 is 5.76 Å². The maximum Gasteiger partial charge on any atom is 0.337 e. The van der Waals surface area contributed by atoms with Gasteiger partial charge < -0.3 is 10.2 Å². The molecule has 1 heterocycles. The summed E-state index contributed by atoms with van der Waals surface area (Å²) in [5.74, 6) is -4.26. The number of likely N-dealkylation sites (N-methyl/N-ethyl adjacent to an activating group) is 1. The van der Waals surface area contributed by atoms with Gasteiger partial charge in [0.2, 0.25) is 9.84 Å². The molecule has 1 N–H and O–H groups in total. The molecular formula is C15H21ClF2N2O3S. The number of likely N-dealkylation sites (tertiary alicyclic amines) is 1. The third kappa shape index (κ3) is 5.12. The van der Waals surface area contributed by atoms with Crippen LogP contribution >= 0.6 is 12.4 Å². The van der Waals surface area contributed by atoms with Crippen molar-refractivity contribution < 1.29 is 22.0 Å². The van der Waals surface area contributed by atoms with Gasteiger partial charge in [-0.3, -0.25) is 4.79 Å². The molecule has 1 atom stereocenters. The highest BCUT2D eigenvalue weighted by Crippen LogP contribution is 2.17. The Bertz CT molecular complexity index is 653. The Kier molecular flexibility index (Phi) is 7.56. The molecular weight excluding hydrogens is 362 g/mol. The zero-order valence-corrected chi connectivity index (χ0v) is 14.9. The third-order valence-electron chi connectivity index (χ3n) is 3.96. The summed E-state index contributed by atoms with van der Waals surface area (Å²) in [5, 5.41) is 3.15. The number of nitrogens with zero attached hydrogens (tertiary/aromatic N) is 1. The number of alkyl halides is 2. The number of carbonyl (C=O) groups is 1. The highest BCUT2D eigenvalue weighted by Gasteiger charge is 2.25. The molecule has 5 nitrogen and oxygen atoms in total. The van der Waals surface area contributed by atoms with Crippen LogP contribution in [0.4, 0.5) is 8.78 Å². The fraction of sp³-hybridized carbons (Fsp3) is 0.533. The first-order valence-electron chi connectivity index (χ1n) is 7.38. The summed E-state index contributed by atoms with van der Waals surface area (Å²) < 4.78 is 47.1. The standard InChI is InChI=1S/C15H20F2N2O3S.ClH/c1-18-13-3-2-8-19(9-13)14(20)12-6-4-11(5-7-12)10-23(21,22)15(16)17;/h4-7,13,15,18H,2-3,8-10H2,1H3;1H. The van der Waals surface area contributed by atoms with E-state index in [9.17, 15) is 22.0 Å². The van der Waals surface area contributed by atoms with E-state index >= 15 is 0 Å². The van der Waals surface area contributed by atoms with Gasteiger partial charge in [0, 0.05) is 24.7 Å². The first-order valence-corrected chi connectivity index (χ1v) is 9.10. The van der Waals surface area contributed by atoms with Gasteiger partial charge in [0.1, 0.15) is 0 Å². The van der Waals surface area contributed by atoms with E-state index in [0.29, 0.717) is 18.7 Å². The number of piperidine rings is 1. The molecule has 136 valence electrons. The summed E-state index contributed by atoms with van der Waals surface area (Å²) in [5.41, 5.74) is 0.675. The van der Waals surface area contributed by atoms with E-state index in [4.69, 9.17) is 0 Å². The van der Waals surface area contributed by atoms with Crippen LogP contribution in [0, 0.1) is 0 Å². The second-order valence-corrected chi connectivity index (χ2v) is 7.61. The largest absolute Gasteiger partial charge is 0.337 e. The highest BCUT2D eigenvalue weighted by molar-refractivity contribution is 7.90. The van der Waals surface area contributed by atoms with E-state index in [1.807, 2.05) is 7.05 Å². The molecule has 24 heavy (non-hydrogen) atoms. The first-order chi connectivity index (χ1) is 10.8. The maximum atomic E-state index is 12.4. The number of benzene rings is 1. The quantitative estimate of drug-likeness (QED) is 0.846. The Morgan fingerprint density at radius 1 is 1.33 bits per heavy atom. The van der Waals surface area contributed by atoms with E-state index < -0.39 is 21.3 Å². The number of halogens is 3. The van der Waals surface area contributed by atoms with Gasteiger partial charge in [-0.1, -0.05) is 12.1 Å². The topological polar surface area (TPSA) is 66.5 Å². The summed E-state index contributed by atoms with van der Waals surface area (Å²) in [4.78, 5) is 14.2. The zero-order chi connectivity index (χ0) is 17.0. The van der Waals surface area contributed by atoms with Crippen LogP contribution in [0.5, 0.6) is 0 Å². The number of sulfone groups is 1. The smallest absolute Gasteiger partial charge is 0.337 e. The van der Waals surface area contributed by atoms with E-state index in [2.05, 4.69) is 5.32 Å². The van der Waals surface area contributed by atoms with Crippen LogP contribution < -0.4 is 5.32 Å². The van der Waals surface area contributed by atoms with Crippen LogP contribution in [0.2, 0.25) is 0 Å². The van der Waals surface area contributed by atoms with Gasteiger partial charge in [-0.25, -0.2) is 8.42 Å². The molecule has 0 radical (unpaired) electrons. The van der Waals surface area contributed by atoms with Crippen molar-refractivity contribution in [2.45, 2.75) is 30.4 Å². The third-order valence-corrected chi connectivity index (χ3v) is 5.24. The Labute approximate surface area is 146 Å². The lowest BCUT2D eigenvalue weighted by atomic mass is 10.0. The molecule has 0 saturated carbocycles. The Balaban J connectivity index is 0.00000288. The van der Waals surface area contributed by atoms with Crippen molar-refractivity contribution in [1.82, 2.24) is 10.2 Å². The van der Waals surface area contributed by atoms with Crippen molar-refractivity contribution in [1.29, 1.82) is 0 Å². The highest BCUT2D eigenvalue weighted by atomic mass is 35.5. The average Bonchev–Trinajstić information content (AvgIpc) is 2.54. The fourth-order valence-corrected chi connectivity index (χ4v) is 3.40. The van der Waals surface area contributed by atoms with Crippen molar-refractivity contribution in [2.24, 2.45) is 0 Å². The summed E-state index contributed by atoms with van der Waals surface area (Å²) in [6.45, 7) is 1.30. The second-order valence-electron chi connectivity index (χ2n) is 5.64. The SMILES string of the molecule is CNC1CCCN(C(=O)c2ccc(CS(=O)(=O)C(F)F)cc2)C1.Cl. The molecule has 1 aromatic carbocycles. The zero-order valence-electron chi connectivity index (χ0n) is 13.2. The molecule has 1 aromatic rings. The Morgan fingerprint density at radius 3 is 2.50 bits per heavy atom. The van der Waals surface area contributed by atoms with Crippen molar-refractivity contribution in [2.75, 3.05) is 20.1 Å². The van der Waals surface area contributed by atoms with Crippen LogP contribution in [0.3, 0.4) is 0 Å². The number of hydrogen-bond donors (Lipinski definition) is 1. The lowest BCUT2D eigenvalue weighted by Crippen LogP contribution is -2.46. The molecule has 1 aliphatic heterocycles. The molecule has 1 aliphatic rings. The fourth-order valence-electron chi connectivity index (χ4n) is 2.62. The molecule has 0 spiro atoms. The molecule has 0 aromatic heterocycles. The monoisotopic (exact) mass is 382 g/mol. The van der Waals surface area contributed by atoms with Gasteiger partial charge in [0.05, 0.1) is 5.75 Å². The molecule has 0 aliphatic carbocycles. The van der Waals surface area contributed by atoms with Gasteiger partial charge in [0.15, 0.2) is 0 Å². The molecule has 1 saturated heterocycles. The minimum absolute atomic E-state index is 0. The molecule has 0 bridgehead atoms. The molecule has 1 unspecified atom stereocenters. The van der Waals surface area contributed by atoms with Crippen molar-refractivity contribution >= 4 is 28.2 Å². The van der Waals surface area contributed by atoms with Crippen LogP contribution in [0.1, 0.15) is 28.8 Å². The van der Waals surface area contributed by atoms with E-state index in [1.165, 1.54) is 24.3 Å². The van der Waals surface area contributed by atoms with E-state index in [0.717, 1.165) is 12.8 Å². The Hall–Kier alpha value is -1.25. The predicted molar refractivity (Wildman–Crippen MR) is 90.3 cm³/mol. The number of nitrogens with one attached hydrogen (secondary N) is 1. The summed E-state index contributed by atoms with van der Waals surface area (Å²) in [6.07, 6.45) is 1.94. The number of amides is 1. The van der Waals surface area contributed by atoms with Crippen LogP contribution in [0.25, 0.3) is 0 Å². The van der Waals surface area contributed by atoms with Gasteiger partial charge in [-0.2, -0.15) is 8.78 Å². The molecule has 1 amide bonds. The normalized spacial score (nSPS) is 18.3. The number of carbonyl (C=O) groups excluding carboxylic acids is 1. The predicted octanol–water partition coefficient (Wildman–Crippen LogP) is 2.07. The minimum atomic E-state index is -4.45. The van der Waals surface area contributed by atoms with Crippen LogP contribution in [-0.4, -0.2) is 51.2 Å². The van der Waals surface area contributed by atoms with Gasteiger partial charge in [0.25, 0.3) is 5.91 Å². The Morgan fingerprint density at radius 2 is 1.96 bits per heavy atom. The summed E-state index contributed by atoms with van der Waals surface area (Å²) in [7, 11) is -2.59. The van der Waals surface area contributed by atoms with E-state index in [1.54, 1.807) is 4.90 Å². The first kappa shape index (κ1) is 20.8.